The highest BCUT2D eigenvalue weighted by Gasteiger charge is 2.37. The van der Waals surface area contributed by atoms with Crippen molar-refractivity contribution in [1.29, 1.82) is 0 Å². The van der Waals surface area contributed by atoms with Crippen LogP contribution >= 0.6 is 0 Å². The van der Waals surface area contributed by atoms with Crippen LogP contribution in [0.15, 0.2) is 17.3 Å². The summed E-state index contributed by atoms with van der Waals surface area (Å²) in [6, 6.07) is 4.26. The van der Waals surface area contributed by atoms with Crippen molar-refractivity contribution in [2.24, 2.45) is 11.1 Å². The van der Waals surface area contributed by atoms with Gasteiger partial charge in [-0.05, 0) is 31.9 Å². The lowest BCUT2D eigenvalue weighted by Crippen LogP contribution is -2.37. The summed E-state index contributed by atoms with van der Waals surface area (Å²) < 4.78 is 0. The van der Waals surface area contributed by atoms with Gasteiger partial charge in [-0.15, -0.1) is 0 Å². The van der Waals surface area contributed by atoms with E-state index in [2.05, 4.69) is 43.4 Å². The molecule has 1 N–H and O–H groups in total. The maximum absolute atomic E-state index is 11.7. The molecule has 0 fully saturated rings. The average Bonchev–Trinajstić information content (AvgIpc) is 2.69. The number of benzene rings is 1. The molecule has 4 nitrogen and oxygen atoms in total. The van der Waals surface area contributed by atoms with Crippen LogP contribution in [0.4, 0.5) is 0 Å². The van der Waals surface area contributed by atoms with Crippen molar-refractivity contribution in [3.8, 4) is 0 Å². The van der Waals surface area contributed by atoms with Crippen molar-refractivity contribution in [1.82, 2.24) is 5.32 Å². The molecule has 19 heavy (non-hydrogen) atoms. The van der Waals surface area contributed by atoms with Crippen molar-refractivity contribution in [2.45, 2.75) is 33.8 Å². The molecule has 0 saturated heterocycles. The van der Waals surface area contributed by atoms with Crippen LogP contribution in [0.5, 0.6) is 0 Å². The minimum absolute atomic E-state index is 0.0416. The van der Waals surface area contributed by atoms with Gasteiger partial charge >= 0.3 is 0 Å². The highest BCUT2D eigenvalue weighted by atomic mass is 16.6. The van der Waals surface area contributed by atoms with Crippen LogP contribution in [0.25, 0.3) is 0 Å². The average molecular weight is 260 g/mol. The van der Waals surface area contributed by atoms with Gasteiger partial charge in [-0.1, -0.05) is 29.8 Å². The fraction of sp³-hybridized carbons (Fsp3) is 0.467. The Kier molecular flexibility index (Phi) is 3.60. The normalized spacial score (nSPS) is 21.8. The van der Waals surface area contributed by atoms with Gasteiger partial charge in [0, 0.05) is 12.6 Å². The van der Waals surface area contributed by atoms with Crippen molar-refractivity contribution in [3.05, 3.63) is 34.4 Å². The molecule has 102 valence electrons. The third-order valence-corrected chi connectivity index (χ3v) is 3.59. The third-order valence-electron chi connectivity index (χ3n) is 3.59. The molecule has 1 aromatic carbocycles. The minimum Gasteiger partial charge on any atom is -0.381 e. The monoisotopic (exact) mass is 260 g/mol. The number of rotatable bonds is 2. The molecular formula is C15H20N2O2. The van der Waals surface area contributed by atoms with E-state index in [0.29, 0.717) is 0 Å². The lowest BCUT2D eigenvalue weighted by Gasteiger charge is -2.16. The maximum atomic E-state index is 11.7. The molecule has 0 aromatic heterocycles. The Balaban J connectivity index is 2.37. The number of nitrogens with one attached hydrogen (secondary N) is 1. The number of oxime groups is 1. The van der Waals surface area contributed by atoms with E-state index in [-0.39, 0.29) is 11.8 Å². The lowest BCUT2D eigenvalue weighted by molar-refractivity contribution is -0.132. The Morgan fingerprint density at radius 2 is 1.84 bits per heavy atom. The number of likely N-dealkylation sites (N-methyl/N-ethyl adjacent to an activating group) is 1. The maximum Gasteiger partial charge on any atom is 0.264 e. The fourth-order valence-corrected chi connectivity index (χ4v) is 2.71. The molecule has 2 atom stereocenters. The van der Waals surface area contributed by atoms with Gasteiger partial charge in [0.1, 0.15) is 0 Å². The lowest BCUT2D eigenvalue weighted by atomic mass is 9.88. The van der Waals surface area contributed by atoms with Crippen molar-refractivity contribution < 1.29 is 9.63 Å². The third kappa shape index (κ3) is 2.35. The summed E-state index contributed by atoms with van der Waals surface area (Å²) in [5.74, 6) is -0.172. The van der Waals surface area contributed by atoms with Gasteiger partial charge in [0.2, 0.25) is 6.10 Å². The number of carbonyl (C=O) groups is 1. The summed E-state index contributed by atoms with van der Waals surface area (Å²) in [5, 5.41) is 6.75. The van der Waals surface area contributed by atoms with E-state index in [4.69, 9.17) is 4.84 Å². The second kappa shape index (κ2) is 5.03. The first-order valence-corrected chi connectivity index (χ1v) is 6.49. The Labute approximate surface area is 113 Å². The molecule has 1 heterocycles. The Hall–Kier alpha value is -1.84. The van der Waals surface area contributed by atoms with Crippen LogP contribution in [0.2, 0.25) is 0 Å². The zero-order valence-electron chi connectivity index (χ0n) is 12.1. The molecule has 0 bridgehead atoms. The molecule has 1 aromatic rings. The van der Waals surface area contributed by atoms with Crippen LogP contribution in [0, 0.1) is 26.7 Å². The van der Waals surface area contributed by atoms with Crippen LogP contribution in [0.3, 0.4) is 0 Å². The van der Waals surface area contributed by atoms with Crippen molar-refractivity contribution in [3.63, 3.8) is 0 Å². The van der Waals surface area contributed by atoms with Crippen LogP contribution in [0.1, 0.15) is 29.2 Å². The van der Waals surface area contributed by atoms with E-state index >= 15 is 0 Å². The van der Waals surface area contributed by atoms with E-state index in [1.807, 2.05) is 6.92 Å². The molecule has 0 spiro atoms. The zero-order valence-corrected chi connectivity index (χ0v) is 12.1. The van der Waals surface area contributed by atoms with Gasteiger partial charge < -0.3 is 10.2 Å². The second-order valence-electron chi connectivity index (χ2n) is 5.18. The standard InChI is InChI=1S/C15H20N2O2/c1-8-6-9(2)12(10(3)7-8)13-11(4)14(19-17-13)15(18)16-5/h6-7,11,14H,1-5H3,(H,16,18)/t11-,14-/m1/s1. The predicted octanol–water partition coefficient (Wildman–Crippen LogP) is 2.10. The summed E-state index contributed by atoms with van der Waals surface area (Å²) in [6.45, 7) is 8.19. The summed E-state index contributed by atoms with van der Waals surface area (Å²) in [7, 11) is 1.61. The molecule has 1 aliphatic heterocycles. The van der Waals surface area contributed by atoms with E-state index in [9.17, 15) is 4.79 Å². The number of carbonyl (C=O) groups excluding carboxylic acids is 1. The number of hydrogen-bond donors (Lipinski definition) is 1. The van der Waals surface area contributed by atoms with Crippen LogP contribution in [-0.2, 0) is 9.63 Å². The molecule has 0 unspecified atom stereocenters. The van der Waals surface area contributed by atoms with Crippen LogP contribution < -0.4 is 5.32 Å². The van der Waals surface area contributed by atoms with E-state index in [0.717, 1.165) is 11.3 Å². The number of amides is 1. The molecule has 4 heteroatoms. The van der Waals surface area contributed by atoms with Gasteiger partial charge in [0.05, 0.1) is 11.6 Å². The first kappa shape index (κ1) is 13.6. The van der Waals surface area contributed by atoms with Gasteiger partial charge in [-0.25, -0.2) is 0 Å². The highest BCUT2D eigenvalue weighted by Crippen LogP contribution is 2.27. The van der Waals surface area contributed by atoms with Crippen molar-refractivity contribution in [2.75, 3.05) is 7.05 Å². The Morgan fingerprint density at radius 3 is 2.37 bits per heavy atom. The number of hydrogen-bond acceptors (Lipinski definition) is 3. The SMILES string of the molecule is CNC(=O)[C@@H]1ON=C(c2c(C)cc(C)cc2C)[C@H]1C. The van der Waals surface area contributed by atoms with E-state index in [1.165, 1.54) is 16.7 Å². The predicted molar refractivity (Wildman–Crippen MR) is 75.3 cm³/mol. The van der Waals surface area contributed by atoms with Crippen LogP contribution in [-0.4, -0.2) is 24.8 Å². The van der Waals surface area contributed by atoms with E-state index in [1.54, 1.807) is 7.05 Å². The Bertz CT molecular complexity index is 526. The second-order valence-corrected chi connectivity index (χ2v) is 5.18. The van der Waals surface area contributed by atoms with Gasteiger partial charge in [0.25, 0.3) is 5.91 Å². The summed E-state index contributed by atoms with van der Waals surface area (Å²) in [5.41, 5.74) is 5.54. The van der Waals surface area contributed by atoms with Gasteiger partial charge in [-0.3, -0.25) is 4.79 Å². The highest BCUT2D eigenvalue weighted by molar-refractivity contribution is 6.07. The zero-order chi connectivity index (χ0) is 14.2. The fourth-order valence-electron chi connectivity index (χ4n) is 2.71. The Morgan fingerprint density at radius 1 is 1.26 bits per heavy atom. The van der Waals surface area contributed by atoms with Gasteiger partial charge in [-0.2, -0.15) is 0 Å². The number of aryl methyl sites for hydroxylation is 3. The summed E-state index contributed by atoms with van der Waals surface area (Å²) in [6.07, 6.45) is -0.528. The molecular weight excluding hydrogens is 240 g/mol. The minimum atomic E-state index is -0.528. The molecule has 1 aliphatic rings. The van der Waals surface area contributed by atoms with Crippen molar-refractivity contribution >= 4 is 11.6 Å². The molecule has 2 rings (SSSR count). The largest absolute Gasteiger partial charge is 0.381 e. The topological polar surface area (TPSA) is 50.7 Å². The molecule has 0 saturated carbocycles. The summed E-state index contributed by atoms with van der Waals surface area (Å²) in [4.78, 5) is 17.0. The van der Waals surface area contributed by atoms with E-state index < -0.39 is 6.10 Å². The first-order chi connectivity index (χ1) is 8.95. The molecule has 0 radical (unpaired) electrons. The smallest absolute Gasteiger partial charge is 0.264 e. The molecule has 1 amide bonds. The quantitative estimate of drug-likeness (QED) is 0.885. The summed E-state index contributed by atoms with van der Waals surface area (Å²) >= 11 is 0. The van der Waals surface area contributed by atoms with Gasteiger partial charge in [0.15, 0.2) is 0 Å². The number of nitrogens with zero attached hydrogens (tertiary/aromatic N) is 1. The first-order valence-electron chi connectivity index (χ1n) is 6.49. The molecule has 0 aliphatic carbocycles.